The SMILES string of the molecule is Cc1oc(-c2ccccc2)cc1C(=O)Nc1cnc(-c2cc3c(cc2Cl)OC(F)(F)O3)cn1. The number of amides is 1. The Balaban J connectivity index is 1.34. The third kappa shape index (κ3) is 4.10. The summed E-state index contributed by atoms with van der Waals surface area (Å²) in [5.74, 6) is 0.472. The van der Waals surface area contributed by atoms with Crippen molar-refractivity contribution >= 4 is 23.3 Å². The third-order valence-corrected chi connectivity index (χ3v) is 5.19. The quantitative estimate of drug-likeness (QED) is 0.398. The summed E-state index contributed by atoms with van der Waals surface area (Å²) in [6.07, 6.45) is -1.07. The summed E-state index contributed by atoms with van der Waals surface area (Å²) in [5.41, 5.74) is 1.83. The number of hydrogen-bond acceptors (Lipinski definition) is 6. The van der Waals surface area contributed by atoms with Crippen LogP contribution < -0.4 is 14.8 Å². The van der Waals surface area contributed by atoms with Crippen molar-refractivity contribution in [2.75, 3.05) is 5.32 Å². The second-order valence-corrected chi connectivity index (χ2v) is 7.54. The number of carbonyl (C=O) groups excluding carboxylic acids is 1. The van der Waals surface area contributed by atoms with Gasteiger partial charge in [0.2, 0.25) is 0 Å². The Kier molecular flexibility index (Phi) is 4.98. The number of ether oxygens (including phenoxy) is 2. The number of aryl methyl sites for hydroxylation is 1. The molecular weight excluding hydrogens is 456 g/mol. The molecule has 1 amide bonds. The molecule has 0 saturated heterocycles. The Morgan fingerprint density at radius 3 is 2.45 bits per heavy atom. The van der Waals surface area contributed by atoms with Gasteiger partial charge in [-0.15, -0.1) is 8.78 Å². The second-order valence-electron chi connectivity index (χ2n) is 7.13. The summed E-state index contributed by atoms with van der Waals surface area (Å²) in [5, 5.41) is 2.79. The Hall–Kier alpha value is -3.98. The van der Waals surface area contributed by atoms with E-state index in [0.717, 1.165) is 5.56 Å². The zero-order valence-electron chi connectivity index (χ0n) is 16.9. The van der Waals surface area contributed by atoms with Crippen LogP contribution in [0.5, 0.6) is 11.5 Å². The van der Waals surface area contributed by atoms with Crippen LogP contribution in [0.15, 0.2) is 65.3 Å². The number of aromatic nitrogens is 2. The molecule has 2 aromatic heterocycles. The standard InChI is InChI=1S/C23H14ClF2N3O4/c1-12-14(7-18(31-12)13-5-3-2-4-6-13)22(30)29-21-11-27-17(10-28-21)15-8-19-20(9-16(15)24)33-23(25,26)32-19/h2-11H,1H3,(H,28,29,30). The molecule has 5 rings (SSSR count). The number of nitrogens with zero attached hydrogens (tertiary/aromatic N) is 2. The molecule has 7 nitrogen and oxygen atoms in total. The van der Waals surface area contributed by atoms with E-state index in [2.05, 4.69) is 24.8 Å². The predicted molar refractivity (Wildman–Crippen MR) is 116 cm³/mol. The molecule has 0 bridgehead atoms. The minimum absolute atomic E-state index is 0.128. The maximum Gasteiger partial charge on any atom is 0.586 e. The van der Waals surface area contributed by atoms with Gasteiger partial charge in [-0.3, -0.25) is 9.78 Å². The number of fused-ring (bicyclic) bond motifs is 1. The van der Waals surface area contributed by atoms with Crippen LogP contribution in [0.25, 0.3) is 22.6 Å². The van der Waals surface area contributed by atoms with E-state index in [1.54, 1.807) is 13.0 Å². The number of hydrogen-bond donors (Lipinski definition) is 1. The fourth-order valence-corrected chi connectivity index (χ4v) is 3.59. The summed E-state index contributed by atoms with van der Waals surface area (Å²) in [4.78, 5) is 21.1. The van der Waals surface area contributed by atoms with Crippen molar-refractivity contribution in [3.63, 3.8) is 0 Å². The summed E-state index contributed by atoms with van der Waals surface area (Å²) in [7, 11) is 0. The fraction of sp³-hybridized carbons (Fsp3) is 0.0870. The molecule has 0 atom stereocenters. The van der Waals surface area contributed by atoms with E-state index >= 15 is 0 Å². The highest BCUT2D eigenvalue weighted by Gasteiger charge is 2.44. The largest absolute Gasteiger partial charge is 0.586 e. The van der Waals surface area contributed by atoms with Crippen LogP contribution in [-0.4, -0.2) is 22.2 Å². The van der Waals surface area contributed by atoms with Crippen molar-refractivity contribution in [1.82, 2.24) is 9.97 Å². The first-order valence-corrected chi connectivity index (χ1v) is 10.1. The number of halogens is 3. The maximum absolute atomic E-state index is 13.3. The minimum Gasteiger partial charge on any atom is -0.461 e. The molecule has 33 heavy (non-hydrogen) atoms. The van der Waals surface area contributed by atoms with Gasteiger partial charge in [-0.2, -0.15) is 0 Å². The minimum atomic E-state index is -3.75. The highest BCUT2D eigenvalue weighted by molar-refractivity contribution is 6.33. The molecule has 4 aromatic rings. The lowest BCUT2D eigenvalue weighted by Crippen LogP contribution is -2.25. The molecule has 1 aliphatic rings. The number of anilines is 1. The lowest BCUT2D eigenvalue weighted by atomic mass is 10.1. The fourth-order valence-electron chi connectivity index (χ4n) is 3.34. The molecule has 10 heteroatoms. The van der Waals surface area contributed by atoms with Crippen LogP contribution in [0.2, 0.25) is 5.02 Å². The number of carbonyl (C=O) groups is 1. The smallest absolute Gasteiger partial charge is 0.461 e. The van der Waals surface area contributed by atoms with Gasteiger partial charge in [0.15, 0.2) is 17.3 Å². The summed E-state index contributed by atoms with van der Waals surface area (Å²) < 4.78 is 41.1. The molecule has 0 unspecified atom stereocenters. The van der Waals surface area contributed by atoms with Gasteiger partial charge < -0.3 is 19.2 Å². The molecular formula is C23H14ClF2N3O4. The van der Waals surface area contributed by atoms with E-state index in [1.165, 1.54) is 24.5 Å². The van der Waals surface area contributed by atoms with Crippen molar-refractivity contribution in [3.8, 4) is 34.1 Å². The zero-order valence-corrected chi connectivity index (χ0v) is 17.7. The maximum atomic E-state index is 13.3. The van der Waals surface area contributed by atoms with Gasteiger partial charge in [0, 0.05) is 17.2 Å². The van der Waals surface area contributed by atoms with E-state index in [0.29, 0.717) is 28.3 Å². The topological polar surface area (TPSA) is 86.5 Å². The second kappa shape index (κ2) is 7.86. The van der Waals surface area contributed by atoms with Gasteiger partial charge in [-0.05, 0) is 19.1 Å². The van der Waals surface area contributed by atoms with Crippen LogP contribution >= 0.6 is 11.6 Å². The van der Waals surface area contributed by atoms with Crippen LogP contribution in [0.3, 0.4) is 0 Å². The average Bonchev–Trinajstić information content (AvgIpc) is 3.32. The molecule has 2 aromatic carbocycles. The summed E-state index contributed by atoms with van der Waals surface area (Å²) >= 11 is 6.18. The van der Waals surface area contributed by atoms with Crippen LogP contribution in [-0.2, 0) is 0 Å². The molecule has 166 valence electrons. The third-order valence-electron chi connectivity index (χ3n) is 4.88. The van der Waals surface area contributed by atoms with E-state index in [9.17, 15) is 13.6 Å². The van der Waals surface area contributed by atoms with Crippen LogP contribution in [0, 0.1) is 6.92 Å². The summed E-state index contributed by atoms with van der Waals surface area (Å²) in [6.45, 7) is 1.70. The number of alkyl halides is 2. The number of rotatable bonds is 4. The van der Waals surface area contributed by atoms with Gasteiger partial charge in [0.1, 0.15) is 11.5 Å². The Labute approximate surface area is 190 Å². The van der Waals surface area contributed by atoms with Gasteiger partial charge in [0.25, 0.3) is 5.91 Å². The highest BCUT2D eigenvalue weighted by atomic mass is 35.5. The molecule has 3 heterocycles. The van der Waals surface area contributed by atoms with Gasteiger partial charge in [-0.1, -0.05) is 41.9 Å². The van der Waals surface area contributed by atoms with E-state index < -0.39 is 12.2 Å². The van der Waals surface area contributed by atoms with Crippen LogP contribution in [0.4, 0.5) is 14.6 Å². The van der Waals surface area contributed by atoms with E-state index in [-0.39, 0.29) is 22.3 Å². The molecule has 0 fully saturated rings. The Morgan fingerprint density at radius 2 is 1.76 bits per heavy atom. The highest BCUT2D eigenvalue weighted by Crippen LogP contribution is 2.45. The number of benzene rings is 2. The monoisotopic (exact) mass is 469 g/mol. The molecule has 1 N–H and O–H groups in total. The van der Waals surface area contributed by atoms with Crippen LogP contribution in [0.1, 0.15) is 16.1 Å². The van der Waals surface area contributed by atoms with Gasteiger partial charge in [0.05, 0.1) is 28.7 Å². The van der Waals surface area contributed by atoms with Crippen molar-refractivity contribution in [3.05, 3.63) is 77.3 Å². The number of nitrogens with one attached hydrogen (secondary N) is 1. The van der Waals surface area contributed by atoms with E-state index in [4.69, 9.17) is 16.0 Å². The first kappa shape index (κ1) is 20.9. The average molecular weight is 470 g/mol. The van der Waals surface area contributed by atoms with Crippen molar-refractivity contribution in [2.45, 2.75) is 13.2 Å². The first-order chi connectivity index (χ1) is 15.8. The van der Waals surface area contributed by atoms with Gasteiger partial charge >= 0.3 is 6.29 Å². The molecule has 0 spiro atoms. The van der Waals surface area contributed by atoms with Crippen molar-refractivity contribution < 1.29 is 27.5 Å². The molecule has 0 saturated carbocycles. The summed E-state index contributed by atoms with van der Waals surface area (Å²) in [6, 6.07) is 13.6. The number of furan rings is 1. The Bertz CT molecular complexity index is 1360. The normalized spacial score (nSPS) is 13.7. The zero-order chi connectivity index (χ0) is 23.2. The lowest BCUT2D eigenvalue weighted by molar-refractivity contribution is -0.286. The Morgan fingerprint density at radius 1 is 1.03 bits per heavy atom. The molecule has 1 aliphatic heterocycles. The molecule has 0 radical (unpaired) electrons. The first-order valence-electron chi connectivity index (χ1n) is 9.68. The van der Waals surface area contributed by atoms with Gasteiger partial charge in [-0.25, -0.2) is 4.98 Å². The van der Waals surface area contributed by atoms with Crippen molar-refractivity contribution in [2.24, 2.45) is 0 Å². The predicted octanol–water partition coefficient (Wildman–Crippen LogP) is 5.94. The van der Waals surface area contributed by atoms with Crippen molar-refractivity contribution in [1.29, 1.82) is 0 Å². The lowest BCUT2D eigenvalue weighted by Gasteiger charge is -2.07. The molecule has 0 aliphatic carbocycles. The van der Waals surface area contributed by atoms with E-state index in [1.807, 2.05) is 30.3 Å².